The summed E-state index contributed by atoms with van der Waals surface area (Å²) in [4.78, 5) is 16.9. The summed E-state index contributed by atoms with van der Waals surface area (Å²) in [6.45, 7) is 1.56. The molecule has 2 aromatic rings. The zero-order valence-electron chi connectivity index (χ0n) is 14.7. The quantitative estimate of drug-likeness (QED) is 0.778. The highest BCUT2D eigenvalue weighted by Gasteiger charge is 2.45. The summed E-state index contributed by atoms with van der Waals surface area (Å²) >= 11 is 12.3. The van der Waals surface area contributed by atoms with Crippen LogP contribution in [-0.2, 0) is 6.42 Å². The number of Topliss-reactive ketones (excluding diaryl/α,β-unsaturated/α-hetero) is 1. The van der Waals surface area contributed by atoms with Gasteiger partial charge in [0.15, 0.2) is 17.3 Å². The van der Waals surface area contributed by atoms with Crippen molar-refractivity contribution in [3.63, 3.8) is 0 Å². The number of methoxy groups -OCH3 is 1. The fraction of sp³-hybridized carbons (Fsp3) is 0.368. The fourth-order valence-electron chi connectivity index (χ4n) is 3.39. The average Bonchev–Trinajstić information content (AvgIpc) is 3.02. The summed E-state index contributed by atoms with van der Waals surface area (Å²) in [6, 6.07) is 3.40. The number of aromatic nitrogens is 1. The predicted octanol–water partition coefficient (Wildman–Crippen LogP) is 3.67. The SMILES string of the molecule is COc1ccc(C(=O)Cc2c(Cl)cncc2Cl)c2c1OC1(CCNCC1)O2. The molecule has 8 heteroatoms. The molecule has 0 saturated carbocycles. The number of rotatable bonds is 4. The van der Waals surface area contributed by atoms with Gasteiger partial charge in [-0.25, -0.2) is 0 Å². The van der Waals surface area contributed by atoms with Crippen LogP contribution in [0.4, 0.5) is 0 Å². The number of hydrogen-bond acceptors (Lipinski definition) is 6. The molecule has 1 spiro atoms. The van der Waals surface area contributed by atoms with Crippen LogP contribution in [0, 0.1) is 0 Å². The van der Waals surface area contributed by atoms with Gasteiger partial charge in [0.2, 0.25) is 5.75 Å². The molecule has 6 nitrogen and oxygen atoms in total. The molecule has 0 aliphatic carbocycles. The Balaban J connectivity index is 1.69. The van der Waals surface area contributed by atoms with Crippen LogP contribution < -0.4 is 19.5 Å². The van der Waals surface area contributed by atoms with E-state index in [4.69, 9.17) is 37.4 Å². The average molecular weight is 409 g/mol. The Bertz CT molecular complexity index is 877. The van der Waals surface area contributed by atoms with Gasteiger partial charge in [0.1, 0.15) is 0 Å². The maximum atomic E-state index is 13.0. The van der Waals surface area contributed by atoms with Crippen molar-refractivity contribution in [1.29, 1.82) is 0 Å². The molecule has 0 radical (unpaired) electrons. The van der Waals surface area contributed by atoms with E-state index >= 15 is 0 Å². The lowest BCUT2D eigenvalue weighted by Gasteiger charge is -2.31. The zero-order chi connectivity index (χ0) is 19.0. The maximum Gasteiger partial charge on any atom is 0.254 e. The second-order valence-electron chi connectivity index (χ2n) is 6.52. The minimum absolute atomic E-state index is 0.0386. The van der Waals surface area contributed by atoms with E-state index in [2.05, 4.69) is 10.3 Å². The Morgan fingerprint density at radius 1 is 1.19 bits per heavy atom. The Morgan fingerprint density at radius 3 is 2.52 bits per heavy atom. The van der Waals surface area contributed by atoms with Gasteiger partial charge in [-0.2, -0.15) is 0 Å². The third-order valence-corrected chi connectivity index (χ3v) is 5.48. The molecule has 1 aromatic heterocycles. The number of halogens is 2. The molecule has 1 saturated heterocycles. The molecule has 1 N–H and O–H groups in total. The van der Waals surface area contributed by atoms with Gasteiger partial charge in [-0.15, -0.1) is 0 Å². The first-order valence-corrected chi connectivity index (χ1v) is 9.39. The van der Waals surface area contributed by atoms with Crippen LogP contribution in [0.25, 0.3) is 0 Å². The van der Waals surface area contributed by atoms with E-state index < -0.39 is 5.79 Å². The fourth-order valence-corrected chi connectivity index (χ4v) is 3.89. The summed E-state index contributed by atoms with van der Waals surface area (Å²) in [5.41, 5.74) is 0.962. The molecular formula is C19H18Cl2N2O4. The van der Waals surface area contributed by atoms with E-state index in [9.17, 15) is 4.79 Å². The third kappa shape index (κ3) is 3.33. The molecule has 1 fully saturated rings. The smallest absolute Gasteiger partial charge is 0.254 e. The van der Waals surface area contributed by atoms with Crippen molar-refractivity contribution in [3.8, 4) is 17.2 Å². The number of piperidine rings is 1. The van der Waals surface area contributed by atoms with Crippen LogP contribution in [0.1, 0.15) is 28.8 Å². The summed E-state index contributed by atoms with van der Waals surface area (Å²) in [5, 5.41) is 3.99. The van der Waals surface area contributed by atoms with E-state index in [1.807, 2.05) is 0 Å². The normalized spacial score (nSPS) is 17.1. The van der Waals surface area contributed by atoms with Gasteiger partial charge in [-0.1, -0.05) is 23.2 Å². The number of ether oxygens (including phenoxy) is 3. The maximum absolute atomic E-state index is 13.0. The highest BCUT2D eigenvalue weighted by molar-refractivity contribution is 6.36. The lowest BCUT2D eigenvalue weighted by atomic mass is 10.0. The van der Waals surface area contributed by atoms with E-state index in [0.717, 1.165) is 13.1 Å². The number of benzene rings is 1. The predicted molar refractivity (Wildman–Crippen MR) is 101 cm³/mol. The zero-order valence-corrected chi connectivity index (χ0v) is 16.2. The van der Waals surface area contributed by atoms with Crippen molar-refractivity contribution in [2.24, 2.45) is 0 Å². The van der Waals surface area contributed by atoms with Gasteiger partial charge in [0.05, 0.1) is 22.7 Å². The first kappa shape index (κ1) is 18.3. The number of hydrogen-bond donors (Lipinski definition) is 1. The van der Waals surface area contributed by atoms with Gasteiger partial charge < -0.3 is 19.5 Å². The molecule has 3 heterocycles. The largest absolute Gasteiger partial charge is 0.493 e. The van der Waals surface area contributed by atoms with Crippen LogP contribution in [0.2, 0.25) is 10.0 Å². The van der Waals surface area contributed by atoms with Crippen molar-refractivity contribution >= 4 is 29.0 Å². The Labute approximate surface area is 166 Å². The second kappa shape index (κ2) is 7.19. The first-order chi connectivity index (χ1) is 13.0. The number of pyridine rings is 1. The summed E-state index contributed by atoms with van der Waals surface area (Å²) in [6.07, 6.45) is 4.34. The minimum atomic E-state index is -0.761. The van der Waals surface area contributed by atoms with Gasteiger partial charge in [0, 0.05) is 50.3 Å². The van der Waals surface area contributed by atoms with Gasteiger partial charge in [-0.3, -0.25) is 9.78 Å². The minimum Gasteiger partial charge on any atom is -0.493 e. The summed E-state index contributed by atoms with van der Waals surface area (Å²) < 4.78 is 17.7. The van der Waals surface area contributed by atoms with Crippen LogP contribution in [0.5, 0.6) is 17.2 Å². The molecule has 27 heavy (non-hydrogen) atoms. The van der Waals surface area contributed by atoms with Gasteiger partial charge in [0.25, 0.3) is 5.79 Å². The van der Waals surface area contributed by atoms with E-state index in [1.165, 1.54) is 12.4 Å². The molecule has 0 bridgehead atoms. The van der Waals surface area contributed by atoms with Crippen LogP contribution >= 0.6 is 23.2 Å². The molecule has 142 valence electrons. The molecule has 2 aliphatic rings. The number of ketones is 1. The molecule has 0 unspecified atom stereocenters. The van der Waals surface area contributed by atoms with Crippen molar-refractivity contribution < 1.29 is 19.0 Å². The molecule has 0 amide bonds. The number of nitrogens with zero attached hydrogens (tertiary/aromatic N) is 1. The molecule has 2 aliphatic heterocycles. The lowest BCUT2D eigenvalue weighted by Crippen LogP contribution is -2.48. The van der Waals surface area contributed by atoms with E-state index in [-0.39, 0.29) is 12.2 Å². The van der Waals surface area contributed by atoms with Crippen molar-refractivity contribution in [3.05, 3.63) is 45.7 Å². The third-order valence-electron chi connectivity index (χ3n) is 4.83. The first-order valence-electron chi connectivity index (χ1n) is 8.64. The van der Waals surface area contributed by atoms with Gasteiger partial charge in [-0.05, 0) is 12.1 Å². The Morgan fingerprint density at radius 2 is 1.85 bits per heavy atom. The standard InChI is InChI=1S/C19H18Cl2N2O4/c1-25-16-3-2-11(15(24)8-12-13(20)9-23-10-14(12)21)17-18(16)27-19(26-17)4-6-22-7-5-19/h2-3,9-10,22H,4-8H2,1H3. The monoisotopic (exact) mass is 408 g/mol. The van der Waals surface area contributed by atoms with E-state index in [1.54, 1.807) is 19.2 Å². The molecular weight excluding hydrogens is 391 g/mol. The number of fused-ring (bicyclic) bond motifs is 1. The topological polar surface area (TPSA) is 69.7 Å². The molecule has 0 atom stereocenters. The van der Waals surface area contributed by atoms with Crippen molar-refractivity contribution in [2.75, 3.05) is 20.2 Å². The summed E-state index contributed by atoms with van der Waals surface area (Å²) in [5.74, 6) is 0.499. The lowest BCUT2D eigenvalue weighted by molar-refractivity contribution is -0.100. The highest BCUT2D eigenvalue weighted by atomic mass is 35.5. The Hall–Kier alpha value is -2.02. The highest BCUT2D eigenvalue weighted by Crippen LogP contribution is 2.50. The number of carbonyl (C=O) groups excluding carboxylic acids is 1. The van der Waals surface area contributed by atoms with E-state index in [0.29, 0.717) is 51.3 Å². The molecule has 1 aromatic carbocycles. The van der Waals surface area contributed by atoms with Crippen molar-refractivity contribution in [1.82, 2.24) is 10.3 Å². The summed E-state index contributed by atoms with van der Waals surface area (Å²) in [7, 11) is 1.56. The number of nitrogens with one attached hydrogen (secondary N) is 1. The second-order valence-corrected chi connectivity index (χ2v) is 7.33. The van der Waals surface area contributed by atoms with Gasteiger partial charge >= 0.3 is 0 Å². The van der Waals surface area contributed by atoms with Crippen molar-refractivity contribution in [2.45, 2.75) is 25.0 Å². The molecule has 4 rings (SSSR count). The van der Waals surface area contributed by atoms with Crippen LogP contribution in [0.3, 0.4) is 0 Å². The Kier molecular flexibility index (Phi) is 4.88. The number of carbonyl (C=O) groups is 1. The van der Waals surface area contributed by atoms with Crippen LogP contribution in [0.15, 0.2) is 24.5 Å². The van der Waals surface area contributed by atoms with Crippen LogP contribution in [-0.4, -0.2) is 36.8 Å².